The van der Waals surface area contributed by atoms with E-state index < -0.39 is 11.8 Å². The molecule has 0 atom stereocenters. The van der Waals surface area contributed by atoms with Gasteiger partial charge in [0.05, 0.1) is 17.6 Å². The van der Waals surface area contributed by atoms with Gasteiger partial charge in [0.2, 0.25) is 0 Å². The van der Waals surface area contributed by atoms with Crippen LogP contribution in [0.4, 0.5) is 4.79 Å². The normalized spacial score (nSPS) is 11.5. The van der Waals surface area contributed by atoms with Gasteiger partial charge in [0.25, 0.3) is 0 Å². The third-order valence-electron chi connectivity index (χ3n) is 4.97. The molecule has 4 rings (SSSR count). The third kappa shape index (κ3) is 5.57. The Labute approximate surface area is 198 Å². The van der Waals surface area contributed by atoms with Crippen LogP contribution in [-0.4, -0.2) is 27.1 Å². The zero-order valence-corrected chi connectivity index (χ0v) is 20.2. The van der Waals surface area contributed by atoms with E-state index >= 15 is 0 Å². The number of benzene rings is 3. The number of thioether (sulfide) groups is 1. The van der Waals surface area contributed by atoms with E-state index in [4.69, 9.17) is 14.5 Å². The van der Waals surface area contributed by atoms with Gasteiger partial charge in [0, 0.05) is 5.56 Å². The second-order valence-electron chi connectivity index (χ2n) is 8.66. The number of imidazole rings is 1. The summed E-state index contributed by atoms with van der Waals surface area (Å²) in [7, 11) is 0. The Kier molecular flexibility index (Phi) is 6.75. The van der Waals surface area contributed by atoms with Crippen LogP contribution in [-0.2, 0) is 11.3 Å². The maximum atomic E-state index is 12.2. The van der Waals surface area contributed by atoms with Crippen LogP contribution in [0.2, 0.25) is 0 Å². The van der Waals surface area contributed by atoms with Gasteiger partial charge in [0.1, 0.15) is 11.4 Å². The summed E-state index contributed by atoms with van der Waals surface area (Å²) in [5.41, 5.74) is 4.51. The van der Waals surface area contributed by atoms with Crippen molar-refractivity contribution >= 4 is 29.0 Å². The molecule has 1 aromatic heterocycles. The SMILES string of the molecule is CCSc1nc2ccccc2n1Cc1ccc(-c2ccccc2OC(=O)OC(C)(C)C)cc1. The van der Waals surface area contributed by atoms with Gasteiger partial charge in [-0.2, -0.15) is 0 Å². The standard InChI is InChI=1S/C27H28N2O3S/c1-5-33-25-28-22-11-7-8-12-23(22)29(25)18-19-14-16-20(17-15-19)21-10-6-9-13-24(21)31-26(30)32-27(2,3)4/h6-17H,5,18H2,1-4H3. The van der Waals surface area contributed by atoms with Gasteiger partial charge in [-0.05, 0) is 55.9 Å². The number of hydrogen-bond donors (Lipinski definition) is 0. The molecule has 0 bridgehead atoms. The zero-order valence-electron chi connectivity index (χ0n) is 19.4. The van der Waals surface area contributed by atoms with E-state index in [-0.39, 0.29) is 0 Å². The molecule has 0 unspecified atom stereocenters. The number of hydrogen-bond acceptors (Lipinski definition) is 5. The molecule has 0 aliphatic heterocycles. The maximum absolute atomic E-state index is 12.2. The molecular weight excluding hydrogens is 432 g/mol. The zero-order chi connectivity index (χ0) is 23.4. The number of fused-ring (bicyclic) bond motifs is 1. The highest BCUT2D eigenvalue weighted by Gasteiger charge is 2.19. The van der Waals surface area contributed by atoms with Gasteiger partial charge in [-0.3, -0.25) is 0 Å². The number of ether oxygens (including phenoxy) is 2. The molecule has 0 amide bonds. The minimum atomic E-state index is -0.709. The smallest absolute Gasteiger partial charge is 0.428 e. The van der Waals surface area contributed by atoms with Crippen LogP contribution in [0.5, 0.6) is 5.75 Å². The first kappa shape index (κ1) is 22.9. The van der Waals surface area contributed by atoms with Crippen molar-refractivity contribution in [1.29, 1.82) is 0 Å². The molecule has 4 aromatic rings. The van der Waals surface area contributed by atoms with Crippen LogP contribution >= 0.6 is 11.8 Å². The number of nitrogens with zero attached hydrogens (tertiary/aromatic N) is 2. The summed E-state index contributed by atoms with van der Waals surface area (Å²) < 4.78 is 13.1. The average molecular weight is 461 g/mol. The molecule has 1 heterocycles. The van der Waals surface area contributed by atoms with Gasteiger partial charge in [0.15, 0.2) is 5.16 Å². The summed E-state index contributed by atoms with van der Waals surface area (Å²) in [5, 5.41) is 1.03. The fraction of sp³-hybridized carbons (Fsp3) is 0.259. The fourth-order valence-corrected chi connectivity index (χ4v) is 4.31. The Morgan fingerprint density at radius 1 is 0.970 bits per heavy atom. The van der Waals surface area contributed by atoms with E-state index in [0.717, 1.165) is 39.6 Å². The summed E-state index contributed by atoms with van der Waals surface area (Å²) >= 11 is 1.75. The van der Waals surface area contributed by atoms with Crippen LogP contribution in [0, 0.1) is 0 Å². The van der Waals surface area contributed by atoms with Crippen LogP contribution in [0.15, 0.2) is 78.0 Å². The average Bonchev–Trinajstić information content (AvgIpc) is 3.11. The number of para-hydroxylation sites is 3. The topological polar surface area (TPSA) is 53.4 Å². The molecule has 0 N–H and O–H groups in total. The maximum Gasteiger partial charge on any atom is 0.514 e. The molecule has 3 aromatic carbocycles. The molecule has 0 fully saturated rings. The lowest BCUT2D eigenvalue weighted by atomic mass is 10.0. The number of carbonyl (C=O) groups is 1. The van der Waals surface area contributed by atoms with Crippen molar-refractivity contribution in [1.82, 2.24) is 9.55 Å². The van der Waals surface area contributed by atoms with Crippen LogP contribution in [0.3, 0.4) is 0 Å². The summed E-state index contributed by atoms with van der Waals surface area (Å²) in [4.78, 5) is 17.0. The van der Waals surface area contributed by atoms with Crippen LogP contribution in [0.25, 0.3) is 22.2 Å². The molecule has 5 nitrogen and oxygen atoms in total. The lowest BCUT2D eigenvalue weighted by molar-refractivity contribution is 0.0207. The Morgan fingerprint density at radius 3 is 2.39 bits per heavy atom. The fourth-order valence-electron chi connectivity index (χ4n) is 3.57. The van der Waals surface area contributed by atoms with E-state index in [1.165, 1.54) is 5.56 Å². The Morgan fingerprint density at radius 2 is 1.67 bits per heavy atom. The highest BCUT2D eigenvalue weighted by Crippen LogP contribution is 2.31. The molecule has 0 aliphatic rings. The molecule has 0 spiro atoms. The van der Waals surface area contributed by atoms with Gasteiger partial charge in [-0.1, -0.05) is 73.3 Å². The lowest BCUT2D eigenvalue weighted by Crippen LogP contribution is -2.26. The first-order valence-electron chi connectivity index (χ1n) is 11.0. The molecule has 170 valence electrons. The first-order valence-corrected chi connectivity index (χ1v) is 12.0. The second-order valence-corrected chi connectivity index (χ2v) is 9.89. The molecular formula is C27H28N2O3S. The number of aromatic nitrogens is 2. The first-order chi connectivity index (χ1) is 15.8. The molecule has 0 aliphatic carbocycles. The molecule has 0 saturated carbocycles. The van der Waals surface area contributed by atoms with Crippen LogP contribution in [0.1, 0.15) is 33.3 Å². The molecule has 0 saturated heterocycles. The van der Waals surface area contributed by atoms with Gasteiger partial charge < -0.3 is 14.0 Å². The van der Waals surface area contributed by atoms with Crippen molar-refractivity contribution in [2.45, 2.75) is 45.0 Å². The number of carbonyl (C=O) groups excluding carboxylic acids is 1. The molecule has 0 radical (unpaired) electrons. The monoisotopic (exact) mass is 460 g/mol. The minimum Gasteiger partial charge on any atom is -0.428 e. The Balaban J connectivity index is 1.58. The Bertz CT molecular complexity index is 1260. The van der Waals surface area contributed by atoms with Crippen molar-refractivity contribution in [3.63, 3.8) is 0 Å². The highest BCUT2D eigenvalue weighted by atomic mass is 32.2. The molecule has 33 heavy (non-hydrogen) atoms. The number of rotatable bonds is 6. The van der Waals surface area contributed by atoms with Crippen LogP contribution < -0.4 is 4.74 Å². The quantitative estimate of drug-likeness (QED) is 0.173. The van der Waals surface area contributed by atoms with Crippen molar-refractivity contribution in [3.8, 4) is 16.9 Å². The van der Waals surface area contributed by atoms with E-state index in [1.807, 2.05) is 51.1 Å². The van der Waals surface area contributed by atoms with Gasteiger partial charge in [-0.25, -0.2) is 9.78 Å². The summed E-state index contributed by atoms with van der Waals surface area (Å²) in [5.74, 6) is 1.44. The Hall–Kier alpha value is -3.25. The highest BCUT2D eigenvalue weighted by molar-refractivity contribution is 7.99. The molecule has 6 heteroatoms. The third-order valence-corrected chi connectivity index (χ3v) is 5.83. The second kappa shape index (κ2) is 9.71. The van der Waals surface area contributed by atoms with E-state index in [2.05, 4.69) is 47.9 Å². The van der Waals surface area contributed by atoms with E-state index in [1.54, 1.807) is 17.8 Å². The van der Waals surface area contributed by atoms with Crippen molar-refractivity contribution in [3.05, 3.63) is 78.4 Å². The van der Waals surface area contributed by atoms with Crippen molar-refractivity contribution in [2.24, 2.45) is 0 Å². The summed E-state index contributed by atoms with van der Waals surface area (Å²) in [6.07, 6.45) is -0.709. The van der Waals surface area contributed by atoms with Gasteiger partial charge in [-0.15, -0.1) is 0 Å². The largest absolute Gasteiger partial charge is 0.514 e. The van der Waals surface area contributed by atoms with Crippen molar-refractivity contribution < 1.29 is 14.3 Å². The van der Waals surface area contributed by atoms with Crippen molar-refractivity contribution in [2.75, 3.05) is 5.75 Å². The van der Waals surface area contributed by atoms with Gasteiger partial charge >= 0.3 is 6.16 Å². The van der Waals surface area contributed by atoms with E-state index in [0.29, 0.717) is 5.75 Å². The minimum absolute atomic E-state index is 0.474. The van der Waals surface area contributed by atoms with E-state index in [9.17, 15) is 4.79 Å². The predicted octanol–water partition coefficient (Wildman–Crippen LogP) is 7.18. The summed E-state index contributed by atoms with van der Waals surface area (Å²) in [6.45, 7) is 8.31. The predicted molar refractivity (Wildman–Crippen MR) is 134 cm³/mol. The lowest BCUT2D eigenvalue weighted by Gasteiger charge is -2.19. The summed E-state index contributed by atoms with van der Waals surface area (Å²) in [6, 6.07) is 24.0.